The summed E-state index contributed by atoms with van der Waals surface area (Å²) in [5.41, 5.74) is 1.55. The number of hydrogen-bond donors (Lipinski definition) is 0. The second-order valence-electron chi connectivity index (χ2n) is 7.10. The van der Waals surface area contributed by atoms with Gasteiger partial charge in [-0.2, -0.15) is 0 Å². The molecule has 0 bridgehead atoms. The molecule has 0 aromatic heterocycles. The van der Waals surface area contributed by atoms with Crippen LogP contribution in [0.25, 0.3) is 16.8 Å². The molecule has 3 aromatic carbocycles. The molecule has 0 atom stereocenters. The van der Waals surface area contributed by atoms with E-state index in [1.807, 2.05) is 48.5 Å². The lowest BCUT2D eigenvalue weighted by Crippen LogP contribution is -2.27. The maximum absolute atomic E-state index is 13.3. The van der Waals surface area contributed by atoms with Gasteiger partial charge in [-0.1, -0.05) is 61.2 Å². The van der Waals surface area contributed by atoms with E-state index in [4.69, 9.17) is 26.4 Å². The zero-order valence-corrected chi connectivity index (χ0v) is 18.4. The van der Waals surface area contributed by atoms with Gasteiger partial charge in [0.2, 0.25) is 6.79 Å². The lowest BCUT2D eigenvalue weighted by Gasteiger charge is -2.15. The van der Waals surface area contributed by atoms with E-state index in [2.05, 4.69) is 6.92 Å². The number of benzene rings is 3. The van der Waals surface area contributed by atoms with Crippen molar-refractivity contribution in [2.24, 2.45) is 0 Å². The Kier molecular flexibility index (Phi) is 5.29. The van der Waals surface area contributed by atoms with Crippen molar-refractivity contribution in [3.05, 3.63) is 65.1 Å². The van der Waals surface area contributed by atoms with Gasteiger partial charge in [0.15, 0.2) is 15.8 Å². The fourth-order valence-electron chi connectivity index (χ4n) is 3.61. The Hall–Kier alpha value is -3.03. The van der Waals surface area contributed by atoms with E-state index in [1.165, 1.54) is 16.7 Å². The van der Waals surface area contributed by atoms with Crippen molar-refractivity contribution in [1.29, 1.82) is 0 Å². The minimum absolute atomic E-state index is 0.164. The van der Waals surface area contributed by atoms with Gasteiger partial charge >= 0.3 is 0 Å². The van der Waals surface area contributed by atoms with Crippen LogP contribution in [-0.2, 0) is 4.79 Å². The number of carbonyl (C=O) groups is 1. The highest BCUT2D eigenvalue weighted by atomic mass is 32.2. The lowest BCUT2D eigenvalue weighted by molar-refractivity contribution is -0.113. The number of nitrogens with zero attached hydrogens (tertiary/aromatic N) is 1. The van der Waals surface area contributed by atoms with Gasteiger partial charge in [-0.3, -0.25) is 9.69 Å². The number of hydrogen-bond acceptors (Lipinski definition) is 6. The molecule has 1 amide bonds. The van der Waals surface area contributed by atoms with E-state index in [0.29, 0.717) is 33.0 Å². The van der Waals surface area contributed by atoms with Crippen LogP contribution in [-0.4, -0.2) is 23.6 Å². The first-order valence-corrected chi connectivity index (χ1v) is 11.2. The molecule has 2 aliphatic heterocycles. The SMILES string of the molecule is CCCOc1ccc2ccccc2c1/C=C1\SC(=S)N(c2ccc3c(c2)OCO3)C1=O. The van der Waals surface area contributed by atoms with Crippen molar-refractivity contribution in [2.45, 2.75) is 13.3 Å². The molecule has 31 heavy (non-hydrogen) atoms. The number of thiocarbonyl (C=S) groups is 1. The molecular formula is C24H19NO4S2. The summed E-state index contributed by atoms with van der Waals surface area (Å²) in [6.07, 6.45) is 2.79. The zero-order valence-electron chi connectivity index (χ0n) is 16.8. The van der Waals surface area contributed by atoms with E-state index < -0.39 is 0 Å². The Morgan fingerprint density at radius 1 is 1.13 bits per heavy atom. The Balaban J connectivity index is 1.55. The molecule has 7 heteroatoms. The molecule has 0 radical (unpaired) electrons. The summed E-state index contributed by atoms with van der Waals surface area (Å²) in [4.78, 5) is 15.4. The topological polar surface area (TPSA) is 48.0 Å². The average molecular weight is 450 g/mol. The third-order valence-electron chi connectivity index (χ3n) is 5.08. The Bertz CT molecular complexity index is 1240. The number of rotatable bonds is 5. The standard InChI is InChI=1S/C24H19NO4S2/c1-2-11-27-19-9-7-15-5-3-4-6-17(15)18(19)13-22-23(26)25(24(30)31-22)16-8-10-20-21(12-16)29-14-28-20/h3-10,12-13H,2,11,14H2,1H3/b22-13-. The molecule has 5 nitrogen and oxygen atoms in total. The van der Waals surface area contributed by atoms with Gasteiger partial charge in [-0.25, -0.2) is 0 Å². The molecule has 5 rings (SSSR count). The van der Waals surface area contributed by atoms with E-state index in [9.17, 15) is 4.79 Å². The van der Waals surface area contributed by atoms with E-state index in [1.54, 1.807) is 12.1 Å². The number of carbonyl (C=O) groups excluding carboxylic acids is 1. The molecule has 156 valence electrons. The largest absolute Gasteiger partial charge is 0.493 e. The van der Waals surface area contributed by atoms with Gasteiger partial charge < -0.3 is 14.2 Å². The van der Waals surface area contributed by atoms with Gasteiger partial charge in [0, 0.05) is 11.6 Å². The predicted molar refractivity (Wildman–Crippen MR) is 128 cm³/mol. The number of amides is 1. The maximum atomic E-state index is 13.3. The highest BCUT2D eigenvalue weighted by Crippen LogP contribution is 2.42. The fraction of sp³-hybridized carbons (Fsp3) is 0.167. The van der Waals surface area contributed by atoms with Crippen LogP contribution in [0.2, 0.25) is 0 Å². The predicted octanol–water partition coefficient (Wildman–Crippen LogP) is 5.76. The monoisotopic (exact) mass is 449 g/mol. The molecule has 3 aromatic rings. The van der Waals surface area contributed by atoms with Crippen LogP contribution in [0.1, 0.15) is 18.9 Å². The summed E-state index contributed by atoms with van der Waals surface area (Å²) in [6, 6.07) is 17.5. The molecule has 1 saturated heterocycles. The van der Waals surface area contributed by atoms with Gasteiger partial charge in [0.05, 0.1) is 17.2 Å². The second kappa shape index (κ2) is 8.24. The quantitative estimate of drug-likeness (QED) is 0.364. The average Bonchev–Trinajstić information content (AvgIpc) is 3.36. The van der Waals surface area contributed by atoms with Crippen LogP contribution >= 0.6 is 24.0 Å². The summed E-state index contributed by atoms with van der Waals surface area (Å²) in [5, 5.41) is 2.12. The minimum Gasteiger partial charge on any atom is -0.493 e. The summed E-state index contributed by atoms with van der Waals surface area (Å²) in [6.45, 7) is 2.85. The molecule has 0 N–H and O–H groups in total. The van der Waals surface area contributed by atoms with Crippen molar-refractivity contribution in [1.82, 2.24) is 0 Å². The first-order valence-electron chi connectivity index (χ1n) is 9.98. The molecule has 0 spiro atoms. The first kappa shape index (κ1) is 19.9. The summed E-state index contributed by atoms with van der Waals surface area (Å²) < 4.78 is 17.3. The Labute approximate surface area is 189 Å². The highest BCUT2D eigenvalue weighted by Gasteiger charge is 2.34. The molecule has 0 aliphatic carbocycles. The maximum Gasteiger partial charge on any atom is 0.270 e. The molecular weight excluding hydrogens is 430 g/mol. The zero-order chi connectivity index (χ0) is 21.4. The van der Waals surface area contributed by atoms with Crippen LogP contribution in [0.4, 0.5) is 5.69 Å². The van der Waals surface area contributed by atoms with E-state index >= 15 is 0 Å². The lowest BCUT2D eigenvalue weighted by atomic mass is 10.0. The van der Waals surface area contributed by atoms with E-state index in [-0.39, 0.29) is 12.7 Å². The van der Waals surface area contributed by atoms with Crippen molar-refractivity contribution in [2.75, 3.05) is 18.3 Å². The summed E-state index contributed by atoms with van der Waals surface area (Å²) in [5.74, 6) is 1.87. The van der Waals surface area contributed by atoms with Crippen LogP contribution in [0, 0.1) is 0 Å². The minimum atomic E-state index is -0.164. The van der Waals surface area contributed by atoms with Crippen molar-refractivity contribution in [3.63, 3.8) is 0 Å². The normalized spacial score (nSPS) is 16.5. The third-order valence-corrected chi connectivity index (χ3v) is 6.38. The van der Waals surface area contributed by atoms with Crippen LogP contribution in [0.5, 0.6) is 17.2 Å². The first-order chi connectivity index (χ1) is 15.2. The number of thioether (sulfide) groups is 1. The molecule has 2 heterocycles. The third kappa shape index (κ3) is 3.64. The van der Waals surface area contributed by atoms with Crippen LogP contribution in [0.3, 0.4) is 0 Å². The van der Waals surface area contributed by atoms with Gasteiger partial charge in [0.25, 0.3) is 5.91 Å². The number of fused-ring (bicyclic) bond motifs is 2. The Morgan fingerprint density at radius 3 is 2.84 bits per heavy atom. The van der Waals surface area contributed by atoms with Gasteiger partial charge in [-0.15, -0.1) is 0 Å². The van der Waals surface area contributed by atoms with Crippen LogP contribution in [0.15, 0.2) is 59.5 Å². The number of anilines is 1. The molecule has 1 fully saturated rings. The van der Waals surface area contributed by atoms with Crippen LogP contribution < -0.4 is 19.1 Å². The van der Waals surface area contributed by atoms with Crippen molar-refractivity contribution in [3.8, 4) is 17.2 Å². The van der Waals surface area contributed by atoms with Gasteiger partial charge in [0.1, 0.15) is 5.75 Å². The van der Waals surface area contributed by atoms with E-state index in [0.717, 1.165) is 28.5 Å². The van der Waals surface area contributed by atoms with Crippen molar-refractivity contribution >= 4 is 56.7 Å². The highest BCUT2D eigenvalue weighted by molar-refractivity contribution is 8.27. The van der Waals surface area contributed by atoms with Crippen molar-refractivity contribution < 1.29 is 19.0 Å². The summed E-state index contributed by atoms with van der Waals surface area (Å²) in [7, 11) is 0. The smallest absolute Gasteiger partial charge is 0.270 e. The summed E-state index contributed by atoms with van der Waals surface area (Å²) >= 11 is 6.83. The molecule has 0 unspecified atom stereocenters. The Morgan fingerprint density at radius 2 is 1.97 bits per heavy atom. The molecule has 2 aliphatic rings. The molecule has 0 saturated carbocycles. The number of ether oxygens (including phenoxy) is 3. The second-order valence-corrected chi connectivity index (χ2v) is 8.78. The fourth-order valence-corrected chi connectivity index (χ4v) is 4.89. The van der Waals surface area contributed by atoms with Gasteiger partial charge in [-0.05, 0) is 41.5 Å².